The molecule has 0 unspecified atom stereocenters. The zero-order valence-electron chi connectivity index (χ0n) is 8.99. The number of pyridine rings is 1. The molecule has 0 saturated carbocycles. The van der Waals surface area contributed by atoms with E-state index in [0.717, 1.165) is 18.2 Å². The lowest BCUT2D eigenvalue weighted by atomic mass is 10.1. The van der Waals surface area contributed by atoms with Gasteiger partial charge in [-0.25, -0.2) is 0 Å². The van der Waals surface area contributed by atoms with Crippen LogP contribution in [0.2, 0.25) is 6.04 Å². The summed E-state index contributed by atoms with van der Waals surface area (Å²) < 4.78 is 10.5. The summed E-state index contributed by atoms with van der Waals surface area (Å²) in [6.45, 7) is 2.03. The summed E-state index contributed by atoms with van der Waals surface area (Å²) in [6.07, 6.45) is 2.82. The molecule has 0 saturated heterocycles. The molecule has 0 spiro atoms. The molecule has 0 atom stereocenters. The minimum Gasteiger partial charge on any atom is -0.400 e. The van der Waals surface area contributed by atoms with Crippen molar-refractivity contribution in [1.29, 1.82) is 0 Å². The molecule has 1 rings (SSSR count). The normalized spacial score (nSPS) is 10.9. The molecule has 0 radical (unpaired) electrons. The van der Waals surface area contributed by atoms with Crippen molar-refractivity contribution in [2.75, 3.05) is 14.2 Å². The summed E-state index contributed by atoms with van der Waals surface area (Å²) in [5.74, 6) is 0. The zero-order valence-corrected chi connectivity index (χ0v) is 10.1. The zero-order chi connectivity index (χ0) is 10.4. The second-order valence-electron chi connectivity index (χ2n) is 3.19. The fraction of sp³-hybridized carbons (Fsp3) is 0.500. The molecule has 4 heteroatoms. The predicted octanol–water partition coefficient (Wildman–Crippen LogP) is 1.45. The van der Waals surface area contributed by atoms with E-state index in [9.17, 15) is 0 Å². The highest BCUT2D eigenvalue weighted by atomic mass is 28.3. The summed E-state index contributed by atoms with van der Waals surface area (Å²) in [7, 11) is 2.03. The van der Waals surface area contributed by atoms with Crippen LogP contribution >= 0.6 is 0 Å². The van der Waals surface area contributed by atoms with Gasteiger partial charge in [-0.05, 0) is 31.0 Å². The first-order valence-electron chi connectivity index (χ1n) is 4.74. The molecule has 1 aromatic heterocycles. The molecule has 0 bridgehead atoms. The highest BCUT2D eigenvalue weighted by Gasteiger charge is 2.10. The Labute approximate surface area is 86.9 Å². The standard InChI is InChI=1S/C10H17NO2Si/c1-9-10(5-4-7-11-9)6-8-14(12-2)13-3/h4-5,7,14H,6,8H2,1-3H3. The highest BCUT2D eigenvalue weighted by molar-refractivity contribution is 6.44. The van der Waals surface area contributed by atoms with Gasteiger partial charge in [0.05, 0.1) is 0 Å². The Balaban J connectivity index is 2.49. The fourth-order valence-corrected chi connectivity index (χ4v) is 2.60. The predicted molar refractivity (Wildman–Crippen MR) is 58.7 cm³/mol. The third-order valence-corrected chi connectivity index (χ3v) is 4.10. The Bertz CT molecular complexity index is 277. The van der Waals surface area contributed by atoms with Crippen LogP contribution in [0, 0.1) is 6.92 Å². The van der Waals surface area contributed by atoms with Crippen molar-refractivity contribution in [2.24, 2.45) is 0 Å². The summed E-state index contributed by atoms with van der Waals surface area (Å²) in [4.78, 5) is 4.24. The number of aromatic nitrogens is 1. The molecule has 78 valence electrons. The largest absolute Gasteiger partial charge is 0.400 e. The average molecular weight is 211 g/mol. The second kappa shape index (κ2) is 5.90. The molecule has 0 amide bonds. The Morgan fingerprint density at radius 1 is 1.36 bits per heavy atom. The lowest BCUT2D eigenvalue weighted by Crippen LogP contribution is -2.19. The molecule has 0 aliphatic heterocycles. The van der Waals surface area contributed by atoms with E-state index in [-0.39, 0.29) is 0 Å². The van der Waals surface area contributed by atoms with Gasteiger partial charge in [0.25, 0.3) is 0 Å². The van der Waals surface area contributed by atoms with Gasteiger partial charge in [0.2, 0.25) is 0 Å². The van der Waals surface area contributed by atoms with Crippen molar-refractivity contribution in [1.82, 2.24) is 4.98 Å². The highest BCUT2D eigenvalue weighted by Crippen LogP contribution is 2.09. The van der Waals surface area contributed by atoms with Crippen molar-refractivity contribution in [3.8, 4) is 0 Å². The van der Waals surface area contributed by atoms with E-state index in [0.29, 0.717) is 0 Å². The Hall–Kier alpha value is -0.713. The molecular weight excluding hydrogens is 194 g/mol. The van der Waals surface area contributed by atoms with E-state index >= 15 is 0 Å². The number of nitrogens with zero attached hydrogens (tertiary/aromatic N) is 1. The van der Waals surface area contributed by atoms with E-state index in [1.54, 1.807) is 14.2 Å². The summed E-state index contributed by atoms with van der Waals surface area (Å²) >= 11 is 0. The van der Waals surface area contributed by atoms with Gasteiger partial charge in [0.1, 0.15) is 0 Å². The average Bonchev–Trinajstić information content (AvgIpc) is 2.22. The van der Waals surface area contributed by atoms with Gasteiger partial charge < -0.3 is 8.85 Å². The van der Waals surface area contributed by atoms with Crippen LogP contribution in [-0.2, 0) is 15.3 Å². The number of hydrogen-bond donors (Lipinski definition) is 0. The van der Waals surface area contributed by atoms with Crippen LogP contribution in [0.3, 0.4) is 0 Å². The molecule has 0 aliphatic carbocycles. The quantitative estimate of drug-likeness (QED) is 0.691. The third-order valence-electron chi connectivity index (χ3n) is 2.29. The summed E-state index contributed by atoms with van der Waals surface area (Å²) in [5.41, 5.74) is 2.39. The van der Waals surface area contributed by atoms with Crippen LogP contribution in [0.1, 0.15) is 11.3 Å². The monoisotopic (exact) mass is 211 g/mol. The first-order chi connectivity index (χ1) is 6.77. The van der Waals surface area contributed by atoms with E-state index in [1.807, 2.05) is 19.2 Å². The topological polar surface area (TPSA) is 31.4 Å². The maximum Gasteiger partial charge on any atom is 0.321 e. The van der Waals surface area contributed by atoms with Crippen LogP contribution in [0.4, 0.5) is 0 Å². The van der Waals surface area contributed by atoms with Crippen molar-refractivity contribution in [3.05, 3.63) is 29.6 Å². The van der Waals surface area contributed by atoms with Crippen molar-refractivity contribution in [2.45, 2.75) is 19.4 Å². The van der Waals surface area contributed by atoms with Gasteiger partial charge in [0, 0.05) is 26.1 Å². The minimum absolute atomic E-state index is 0.998. The first-order valence-corrected chi connectivity index (χ1v) is 6.50. The lowest BCUT2D eigenvalue weighted by Gasteiger charge is -2.11. The molecule has 0 N–H and O–H groups in total. The Morgan fingerprint density at radius 2 is 2.07 bits per heavy atom. The van der Waals surface area contributed by atoms with Crippen molar-refractivity contribution < 1.29 is 8.85 Å². The van der Waals surface area contributed by atoms with E-state index in [2.05, 4.69) is 11.1 Å². The molecule has 1 aromatic rings. The van der Waals surface area contributed by atoms with Gasteiger partial charge in [-0.3, -0.25) is 4.98 Å². The van der Waals surface area contributed by atoms with E-state index < -0.39 is 9.28 Å². The van der Waals surface area contributed by atoms with Gasteiger partial charge in [0.15, 0.2) is 0 Å². The van der Waals surface area contributed by atoms with Crippen LogP contribution in [0.5, 0.6) is 0 Å². The van der Waals surface area contributed by atoms with Crippen LogP contribution in [-0.4, -0.2) is 28.5 Å². The maximum absolute atomic E-state index is 5.26. The lowest BCUT2D eigenvalue weighted by molar-refractivity contribution is 0.277. The maximum atomic E-state index is 5.26. The van der Waals surface area contributed by atoms with Crippen LogP contribution in [0.25, 0.3) is 0 Å². The van der Waals surface area contributed by atoms with E-state index in [1.165, 1.54) is 5.56 Å². The van der Waals surface area contributed by atoms with Crippen molar-refractivity contribution >= 4 is 9.28 Å². The molecular formula is C10H17NO2Si. The van der Waals surface area contributed by atoms with Gasteiger partial charge in [-0.2, -0.15) is 0 Å². The fourth-order valence-electron chi connectivity index (χ4n) is 1.39. The molecule has 0 aliphatic rings. The number of hydrogen-bond acceptors (Lipinski definition) is 3. The van der Waals surface area contributed by atoms with E-state index in [4.69, 9.17) is 8.85 Å². The molecule has 0 aromatic carbocycles. The SMILES string of the molecule is CO[SiH](CCc1cccnc1C)OC. The van der Waals surface area contributed by atoms with Gasteiger partial charge in [-0.15, -0.1) is 0 Å². The Morgan fingerprint density at radius 3 is 2.64 bits per heavy atom. The van der Waals surface area contributed by atoms with Crippen LogP contribution in [0.15, 0.2) is 18.3 Å². The first kappa shape index (κ1) is 11.4. The second-order valence-corrected chi connectivity index (χ2v) is 5.57. The smallest absolute Gasteiger partial charge is 0.321 e. The van der Waals surface area contributed by atoms with Gasteiger partial charge >= 0.3 is 9.28 Å². The van der Waals surface area contributed by atoms with Crippen molar-refractivity contribution in [3.63, 3.8) is 0 Å². The summed E-state index contributed by atoms with van der Waals surface area (Å²) in [5, 5.41) is 0. The number of rotatable bonds is 5. The summed E-state index contributed by atoms with van der Waals surface area (Å²) in [6, 6.07) is 5.08. The molecule has 0 fully saturated rings. The van der Waals surface area contributed by atoms with Crippen LogP contribution < -0.4 is 0 Å². The third kappa shape index (κ3) is 3.21. The molecule has 3 nitrogen and oxygen atoms in total. The number of aryl methyl sites for hydroxylation is 2. The Kier molecular flexibility index (Phi) is 4.79. The minimum atomic E-state index is -1.41. The molecule has 14 heavy (non-hydrogen) atoms. The van der Waals surface area contributed by atoms with Gasteiger partial charge in [-0.1, -0.05) is 6.07 Å². The molecule has 1 heterocycles.